The highest BCUT2D eigenvalue weighted by Gasteiger charge is 2.34. The van der Waals surface area contributed by atoms with Crippen molar-refractivity contribution in [1.82, 2.24) is 0 Å². The van der Waals surface area contributed by atoms with Gasteiger partial charge in [-0.3, -0.25) is 0 Å². The van der Waals surface area contributed by atoms with Crippen LogP contribution in [0, 0.1) is 0 Å². The van der Waals surface area contributed by atoms with Gasteiger partial charge in [0.2, 0.25) is 3.79 Å². The van der Waals surface area contributed by atoms with Crippen LogP contribution >= 0.6 is 57.4 Å². The molecule has 0 saturated carbocycles. The zero-order valence-electron chi connectivity index (χ0n) is 6.50. The first-order valence-electron chi connectivity index (χ1n) is 3.01. The highest BCUT2D eigenvalue weighted by Crippen LogP contribution is 2.37. The first-order valence-corrected chi connectivity index (χ1v) is 8.80. The fourth-order valence-electron chi connectivity index (χ4n) is 0.377. The fourth-order valence-corrected chi connectivity index (χ4v) is 3.82. The smallest absolute Gasteiger partial charge is 0.224 e. The Labute approximate surface area is 97.0 Å². The van der Waals surface area contributed by atoms with Gasteiger partial charge in [0.05, 0.1) is 0 Å². The van der Waals surface area contributed by atoms with Crippen molar-refractivity contribution in [3.05, 3.63) is 0 Å². The van der Waals surface area contributed by atoms with E-state index in [-0.39, 0.29) is 4.11 Å². The van der Waals surface area contributed by atoms with Crippen LogP contribution in [0.2, 0.25) is 19.6 Å². The van der Waals surface area contributed by atoms with E-state index in [0.717, 1.165) is 0 Å². The van der Waals surface area contributed by atoms with Gasteiger partial charge < -0.3 is 4.43 Å². The lowest BCUT2D eigenvalue weighted by Crippen LogP contribution is -2.35. The van der Waals surface area contributed by atoms with E-state index >= 15 is 0 Å². The molecule has 0 aliphatic rings. The summed E-state index contributed by atoms with van der Waals surface area (Å²) in [7, 11) is -1.59. The molecule has 0 fully saturated rings. The quantitative estimate of drug-likeness (QED) is 0.417. The fraction of sp³-hybridized carbons (Fsp3) is 1.00. The first kappa shape index (κ1) is 12.8. The molecule has 0 rings (SSSR count). The van der Waals surface area contributed by atoms with Crippen molar-refractivity contribution in [2.45, 2.75) is 27.5 Å². The van der Waals surface area contributed by atoms with Crippen molar-refractivity contribution in [3.63, 3.8) is 0 Å². The third-order valence-electron chi connectivity index (χ3n) is 0.714. The molecule has 0 heterocycles. The van der Waals surface area contributed by atoms with Gasteiger partial charge in [-0.05, 0) is 42.2 Å². The average molecular weight is 347 g/mol. The van der Waals surface area contributed by atoms with E-state index in [9.17, 15) is 0 Å². The Kier molecular flexibility index (Phi) is 5.03. The second kappa shape index (κ2) is 4.33. The molecule has 0 amide bonds. The average Bonchev–Trinajstić information content (AvgIpc) is 1.56. The third kappa shape index (κ3) is 6.90. The maximum atomic E-state index is 5.61. The summed E-state index contributed by atoms with van der Waals surface area (Å²) in [6.45, 7) is 6.15. The molecule has 0 bridgehead atoms. The van der Waals surface area contributed by atoms with Gasteiger partial charge in [0.1, 0.15) is 4.11 Å². The van der Waals surface area contributed by atoms with Gasteiger partial charge in [-0.1, -0.05) is 34.8 Å². The summed E-state index contributed by atoms with van der Waals surface area (Å²) in [5.41, 5.74) is 0. The summed E-state index contributed by atoms with van der Waals surface area (Å²) in [5, 5.41) is 0. The van der Waals surface area contributed by atoms with Gasteiger partial charge >= 0.3 is 0 Å². The van der Waals surface area contributed by atoms with E-state index in [1.165, 1.54) is 0 Å². The van der Waals surface area contributed by atoms with Crippen LogP contribution in [0.3, 0.4) is 0 Å². The van der Waals surface area contributed by atoms with Crippen LogP contribution in [0.5, 0.6) is 0 Å². The molecule has 6 heteroatoms. The van der Waals surface area contributed by atoms with Gasteiger partial charge in [0.15, 0.2) is 8.32 Å². The van der Waals surface area contributed by atoms with Crippen molar-refractivity contribution >= 4 is 65.7 Å². The Balaban J connectivity index is 3.99. The minimum atomic E-state index is -1.59. The molecule has 0 N–H and O–H groups in total. The number of halogens is 4. The van der Waals surface area contributed by atoms with Crippen LogP contribution < -0.4 is 0 Å². The predicted octanol–water partition coefficient (Wildman–Crippen LogP) is 3.97. The van der Waals surface area contributed by atoms with Crippen LogP contribution in [-0.4, -0.2) is 16.2 Å². The molecule has 0 spiro atoms. The molecule has 0 aromatic rings. The second-order valence-corrected chi connectivity index (χ2v) is 11.0. The molecule has 0 radical (unpaired) electrons. The largest absolute Gasteiger partial charge is 0.402 e. The maximum absolute atomic E-state index is 5.61. The van der Waals surface area contributed by atoms with E-state index in [1.54, 1.807) is 0 Å². The molecule has 1 nitrogen and oxygen atoms in total. The Morgan fingerprint density at radius 3 is 1.73 bits per heavy atom. The molecule has 1 unspecified atom stereocenters. The number of alkyl halides is 4. The topological polar surface area (TPSA) is 9.23 Å². The van der Waals surface area contributed by atoms with Crippen molar-refractivity contribution in [1.29, 1.82) is 0 Å². The number of hydrogen-bond donors (Lipinski definition) is 0. The minimum Gasteiger partial charge on any atom is -0.402 e. The molecule has 1 atom stereocenters. The molecule has 0 saturated heterocycles. The molecule has 0 aromatic heterocycles. The van der Waals surface area contributed by atoms with E-state index in [0.29, 0.717) is 0 Å². The van der Waals surface area contributed by atoms with Gasteiger partial charge in [-0.15, -0.1) is 0 Å². The molecule has 11 heavy (non-hydrogen) atoms. The van der Waals surface area contributed by atoms with Gasteiger partial charge in [0, 0.05) is 0 Å². The Bertz CT molecular complexity index is 131. The lowest BCUT2D eigenvalue weighted by atomic mass is 10.8. The van der Waals surface area contributed by atoms with Crippen LogP contribution in [0.25, 0.3) is 0 Å². The van der Waals surface area contributed by atoms with E-state index in [2.05, 4.69) is 19.6 Å². The summed E-state index contributed by atoms with van der Waals surface area (Å²) in [6.07, 6.45) is 0. The number of hydrogen-bond acceptors (Lipinski definition) is 1. The number of rotatable bonds is 2. The summed E-state index contributed by atoms with van der Waals surface area (Å²) >= 11 is 18.8. The minimum absolute atomic E-state index is 0.364. The summed E-state index contributed by atoms with van der Waals surface area (Å²) in [5.74, 6) is 0. The second-order valence-electron chi connectivity index (χ2n) is 3.09. The molecule has 68 valence electrons. The van der Waals surface area contributed by atoms with Crippen LogP contribution in [0.4, 0.5) is 0 Å². The zero-order chi connectivity index (χ0) is 9.28. The van der Waals surface area contributed by atoms with Crippen molar-refractivity contribution in [2.24, 2.45) is 0 Å². The Morgan fingerprint density at radius 2 is 1.64 bits per heavy atom. The SMILES string of the molecule is C[Si](C)(C)OC(I)C(Cl)(Cl)Cl. The van der Waals surface area contributed by atoms with Crippen molar-refractivity contribution < 1.29 is 4.43 Å². The highest BCUT2D eigenvalue weighted by molar-refractivity contribution is 14.1. The lowest BCUT2D eigenvalue weighted by Gasteiger charge is -2.26. The maximum Gasteiger partial charge on any atom is 0.224 e. The molecule has 0 aliphatic heterocycles. The summed E-state index contributed by atoms with van der Waals surface area (Å²) in [6, 6.07) is 0. The van der Waals surface area contributed by atoms with Crippen LogP contribution in [0.1, 0.15) is 0 Å². The summed E-state index contributed by atoms with van der Waals surface area (Å²) < 4.78 is 3.85. The summed E-state index contributed by atoms with van der Waals surface area (Å²) in [4.78, 5) is 0. The van der Waals surface area contributed by atoms with Gasteiger partial charge in [-0.2, -0.15) is 0 Å². The van der Waals surface area contributed by atoms with E-state index < -0.39 is 12.1 Å². The molecular formula is C5H10Cl3IOSi. The Hall–Kier alpha value is 1.78. The Morgan fingerprint density at radius 1 is 1.27 bits per heavy atom. The molecular weight excluding hydrogens is 337 g/mol. The van der Waals surface area contributed by atoms with Crippen LogP contribution in [0.15, 0.2) is 0 Å². The van der Waals surface area contributed by atoms with Crippen molar-refractivity contribution in [2.75, 3.05) is 0 Å². The molecule has 0 aromatic carbocycles. The highest BCUT2D eigenvalue weighted by atomic mass is 127. The van der Waals surface area contributed by atoms with Gasteiger partial charge in [-0.25, -0.2) is 0 Å². The monoisotopic (exact) mass is 346 g/mol. The van der Waals surface area contributed by atoms with Crippen molar-refractivity contribution in [3.8, 4) is 0 Å². The van der Waals surface area contributed by atoms with Crippen LogP contribution in [-0.2, 0) is 4.43 Å². The normalized spacial score (nSPS) is 16.6. The predicted molar refractivity (Wildman–Crippen MR) is 62.5 cm³/mol. The molecule has 0 aliphatic carbocycles. The third-order valence-corrected chi connectivity index (χ3v) is 5.02. The zero-order valence-corrected chi connectivity index (χ0v) is 11.9. The van der Waals surface area contributed by atoms with E-state index in [1.807, 2.05) is 22.6 Å². The van der Waals surface area contributed by atoms with E-state index in [4.69, 9.17) is 39.2 Å². The lowest BCUT2D eigenvalue weighted by molar-refractivity contribution is 0.301. The standard InChI is InChI=1S/C5H10Cl3IOSi/c1-11(2,3)10-4(9)5(6,7)8/h4H,1-3H3. The van der Waals surface area contributed by atoms with Gasteiger partial charge in [0.25, 0.3) is 0 Å². The first-order chi connectivity index (χ1) is 4.63.